The minimum Gasteiger partial charge on any atom is -0.333 e. The van der Waals surface area contributed by atoms with Gasteiger partial charge in [-0.1, -0.05) is 0 Å². The van der Waals surface area contributed by atoms with Gasteiger partial charge in [0.2, 0.25) is 5.91 Å². The SMILES string of the molecule is Cc1nc(CC(=O)N2Cc3nnc(C4CC4)n3[C@@H](C)C2)cs1. The third-order valence-electron chi connectivity index (χ3n) is 4.34. The Morgan fingerprint density at radius 1 is 1.41 bits per heavy atom. The maximum Gasteiger partial charge on any atom is 0.229 e. The van der Waals surface area contributed by atoms with E-state index in [1.807, 2.05) is 17.2 Å². The number of thiazole rings is 1. The highest BCUT2D eigenvalue weighted by Gasteiger charge is 2.35. The van der Waals surface area contributed by atoms with Crippen LogP contribution in [-0.2, 0) is 17.8 Å². The number of amides is 1. The summed E-state index contributed by atoms with van der Waals surface area (Å²) in [6, 6.07) is 0.246. The lowest BCUT2D eigenvalue weighted by Gasteiger charge is -2.32. The number of rotatable bonds is 3. The number of hydrogen-bond donors (Lipinski definition) is 0. The maximum atomic E-state index is 12.5. The Morgan fingerprint density at radius 2 is 2.23 bits per heavy atom. The largest absolute Gasteiger partial charge is 0.333 e. The van der Waals surface area contributed by atoms with E-state index in [2.05, 4.69) is 26.7 Å². The highest BCUT2D eigenvalue weighted by molar-refractivity contribution is 7.09. The van der Waals surface area contributed by atoms with Crippen LogP contribution in [0.1, 0.15) is 54.1 Å². The predicted molar refractivity (Wildman–Crippen MR) is 82.7 cm³/mol. The molecular weight excluding hydrogens is 298 g/mol. The lowest BCUT2D eigenvalue weighted by Crippen LogP contribution is -2.41. The fourth-order valence-electron chi connectivity index (χ4n) is 3.13. The molecule has 1 aliphatic carbocycles. The van der Waals surface area contributed by atoms with Gasteiger partial charge in [-0.05, 0) is 26.7 Å². The second kappa shape index (κ2) is 5.15. The minimum atomic E-state index is 0.124. The van der Waals surface area contributed by atoms with Gasteiger partial charge in [0.25, 0.3) is 0 Å². The zero-order valence-corrected chi connectivity index (χ0v) is 13.6. The molecule has 0 saturated heterocycles. The molecule has 0 N–H and O–H groups in total. The first-order chi connectivity index (χ1) is 10.6. The summed E-state index contributed by atoms with van der Waals surface area (Å²) in [4.78, 5) is 18.8. The van der Waals surface area contributed by atoms with Crippen molar-refractivity contribution < 1.29 is 4.79 Å². The smallest absolute Gasteiger partial charge is 0.229 e. The van der Waals surface area contributed by atoms with Crippen LogP contribution in [0.2, 0.25) is 0 Å². The summed E-state index contributed by atoms with van der Waals surface area (Å²) in [6.07, 6.45) is 2.81. The van der Waals surface area contributed by atoms with Crippen molar-refractivity contribution in [3.63, 3.8) is 0 Å². The third-order valence-corrected chi connectivity index (χ3v) is 5.17. The van der Waals surface area contributed by atoms with Gasteiger partial charge in [-0.3, -0.25) is 4.79 Å². The summed E-state index contributed by atoms with van der Waals surface area (Å²) in [6.45, 7) is 5.40. The van der Waals surface area contributed by atoms with E-state index in [4.69, 9.17) is 0 Å². The van der Waals surface area contributed by atoms with Gasteiger partial charge in [0.05, 0.1) is 29.7 Å². The second-order valence-electron chi connectivity index (χ2n) is 6.28. The topological polar surface area (TPSA) is 63.9 Å². The lowest BCUT2D eigenvalue weighted by molar-refractivity contribution is -0.132. The highest BCUT2D eigenvalue weighted by Crippen LogP contribution is 2.41. The number of aromatic nitrogens is 4. The van der Waals surface area contributed by atoms with Crippen LogP contribution in [0.25, 0.3) is 0 Å². The summed E-state index contributed by atoms with van der Waals surface area (Å²) in [5.41, 5.74) is 0.867. The number of hydrogen-bond acceptors (Lipinski definition) is 5. The van der Waals surface area contributed by atoms with E-state index in [-0.39, 0.29) is 11.9 Å². The summed E-state index contributed by atoms with van der Waals surface area (Å²) >= 11 is 1.59. The molecule has 2 aromatic rings. The molecule has 2 aliphatic rings. The minimum absolute atomic E-state index is 0.124. The third kappa shape index (κ3) is 2.43. The van der Waals surface area contributed by atoms with E-state index in [1.165, 1.54) is 12.8 Å². The Kier molecular flexibility index (Phi) is 3.25. The van der Waals surface area contributed by atoms with Gasteiger partial charge in [0, 0.05) is 17.8 Å². The van der Waals surface area contributed by atoms with Gasteiger partial charge in [-0.25, -0.2) is 4.98 Å². The van der Waals surface area contributed by atoms with E-state index in [0.29, 0.717) is 18.9 Å². The molecule has 7 heteroatoms. The molecule has 3 heterocycles. The van der Waals surface area contributed by atoms with E-state index in [9.17, 15) is 4.79 Å². The van der Waals surface area contributed by atoms with Crippen molar-refractivity contribution in [2.24, 2.45) is 0 Å². The van der Waals surface area contributed by atoms with Crippen LogP contribution in [0.4, 0.5) is 0 Å². The van der Waals surface area contributed by atoms with Gasteiger partial charge in [-0.15, -0.1) is 21.5 Å². The molecule has 116 valence electrons. The second-order valence-corrected chi connectivity index (χ2v) is 7.34. The standard InChI is InChI=1S/C15H19N5OS/c1-9-6-19(14(21)5-12-8-22-10(2)16-12)7-13-17-18-15(20(9)13)11-3-4-11/h8-9,11H,3-7H2,1-2H3/t9-/m0/s1. The van der Waals surface area contributed by atoms with Crippen LogP contribution in [-0.4, -0.2) is 37.1 Å². The van der Waals surface area contributed by atoms with Gasteiger partial charge < -0.3 is 9.47 Å². The molecule has 1 amide bonds. The van der Waals surface area contributed by atoms with Crippen molar-refractivity contribution in [1.82, 2.24) is 24.6 Å². The Morgan fingerprint density at radius 3 is 2.91 bits per heavy atom. The molecule has 4 rings (SSSR count). The molecule has 0 unspecified atom stereocenters. The van der Waals surface area contributed by atoms with Gasteiger partial charge >= 0.3 is 0 Å². The van der Waals surface area contributed by atoms with E-state index >= 15 is 0 Å². The van der Waals surface area contributed by atoms with E-state index in [1.54, 1.807) is 11.3 Å². The van der Waals surface area contributed by atoms with Crippen LogP contribution >= 0.6 is 11.3 Å². The number of fused-ring (bicyclic) bond motifs is 1. The van der Waals surface area contributed by atoms with Crippen molar-refractivity contribution >= 4 is 17.2 Å². The molecule has 0 bridgehead atoms. The summed E-state index contributed by atoms with van der Waals surface area (Å²) in [7, 11) is 0. The molecule has 22 heavy (non-hydrogen) atoms. The summed E-state index contributed by atoms with van der Waals surface area (Å²) < 4.78 is 2.24. The monoisotopic (exact) mass is 317 g/mol. The Bertz CT molecular complexity index is 717. The molecule has 2 aromatic heterocycles. The summed E-state index contributed by atoms with van der Waals surface area (Å²) in [5, 5.41) is 11.6. The first kappa shape index (κ1) is 13.9. The molecule has 0 radical (unpaired) electrons. The van der Waals surface area contributed by atoms with Crippen molar-refractivity contribution in [2.45, 2.75) is 51.6 Å². The van der Waals surface area contributed by atoms with Crippen LogP contribution < -0.4 is 0 Å². The van der Waals surface area contributed by atoms with Gasteiger partial charge in [0.1, 0.15) is 5.82 Å². The van der Waals surface area contributed by atoms with Crippen molar-refractivity contribution in [1.29, 1.82) is 0 Å². The first-order valence-corrected chi connectivity index (χ1v) is 8.62. The summed E-state index contributed by atoms with van der Waals surface area (Å²) in [5.74, 6) is 2.75. The molecular formula is C15H19N5OS. The zero-order chi connectivity index (χ0) is 15.3. The van der Waals surface area contributed by atoms with Crippen LogP contribution in [0.5, 0.6) is 0 Å². The maximum absolute atomic E-state index is 12.5. The fourth-order valence-corrected chi connectivity index (χ4v) is 3.74. The highest BCUT2D eigenvalue weighted by atomic mass is 32.1. The van der Waals surface area contributed by atoms with Crippen molar-refractivity contribution in [3.8, 4) is 0 Å². The quantitative estimate of drug-likeness (QED) is 0.869. The molecule has 1 saturated carbocycles. The Balaban J connectivity index is 1.51. The van der Waals surface area contributed by atoms with Gasteiger partial charge in [0.15, 0.2) is 5.82 Å². The fraction of sp³-hybridized carbons (Fsp3) is 0.600. The molecule has 0 aromatic carbocycles. The Labute approximate surface area is 133 Å². The predicted octanol–water partition coefficient (Wildman–Crippen LogP) is 2.07. The molecule has 1 atom stereocenters. The average molecular weight is 317 g/mol. The van der Waals surface area contributed by atoms with E-state index in [0.717, 1.165) is 28.9 Å². The molecule has 1 aliphatic heterocycles. The lowest BCUT2D eigenvalue weighted by atomic mass is 10.2. The first-order valence-electron chi connectivity index (χ1n) is 7.74. The average Bonchev–Trinajstić information content (AvgIpc) is 3.11. The van der Waals surface area contributed by atoms with Crippen molar-refractivity contribution in [3.05, 3.63) is 27.7 Å². The van der Waals surface area contributed by atoms with Crippen LogP contribution in [0, 0.1) is 6.92 Å². The van der Waals surface area contributed by atoms with E-state index < -0.39 is 0 Å². The number of aryl methyl sites for hydroxylation is 1. The molecule has 0 spiro atoms. The van der Waals surface area contributed by atoms with Crippen molar-refractivity contribution in [2.75, 3.05) is 6.54 Å². The van der Waals surface area contributed by atoms with Gasteiger partial charge in [-0.2, -0.15) is 0 Å². The molecule has 6 nitrogen and oxygen atoms in total. The number of nitrogens with zero attached hydrogens (tertiary/aromatic N) is 5. The van der Waals surface area contributed by atoms with Crippen LogP contribution in [0.15, 0.2) is 5.38 Å². The molecule has 1 fully saturated rings. The number of carbonyl (C=O) groups excluding carboxylic acids is 1. The normalized spacial score (nSPS) is 21.0. The van der Waals surface area contributed by atoms with Crippen LogP contribution in [0.3, 0.4) is 0 Å². The Hall–Kier alpha value is -1.76. The zero-order valence-electron chi connectivity index (χ0n) is 12.8. The number of carbonyl (C=O) groups is 1.